The van der Waals surface area contributed by atoms with Gasteiger partial charge in [-0.2, -0.15) is 0 Å². The van der Waals surface area contributed by atoms with E-state index in [0.29, 0.717) is 12.6 Å². The molecule has 188 valence electrons. The number of nitrogens with zero attached hydrogens (tertiary/aromatic N) is 3. The maximum Gasteiger partial charge on any atom is 0.326 e. The van der Waals surface area contributed by atoms with Gasteiger partial charge in [0.25, 0.3) is 5.92 Å². The average Bonchev–Trinajstić information content (AvgIpc) is 3.59. The molecule has 1 aliphatic carbocycles. The fourth-order valence-electron chi connectivity index (χ4n) is 4.75. The summed E-state index contributed by atoms with van der Waals surface area (Å²) in [5.74, 6) is -3.02. The molecule has 2 fully saturated rings. The summed E-state index contributed by atoms with van der Waals surface area (Å²) in [7, 11) is 0. The van der Waals surface area contributed by atoms with Crippen molar-refractivity contribution in [2.24, 2.45) is 0 Å². The summed E-state index contributed by atoms with van der Waals surface area (Å²) in [5.41, 5.74) is 2.38. The second-order valence-electron chi connectivity index (χ2n) is 9.72. The van der Waals surface area contributed by atoms with Crippen molar-refractivity contribution in [3.63, 3.8) is 0 Å². The fourth-order valence-corrected chi connectivity index (χ4v) is 4.75. The van der Waals surface area contributed by atoms with E-state index >= 15 is 0 Å². The lowest BCUT2D eigenvalue weighted by Gasteiger charge is -2.25. The van der Waals surface area contributed by atoms with Crippen LogP contribution in [0.1, 0.15) is 56.2 Å². The van der Waals surface area contributed by atoms with Crippen molar-refractivity contribution in [1.29, 1.82) is 0 Å². The number of likely N-dealkylation sites (tertiary alicyclic amines) is 1. The third-order valence-corrected chi connectivity index (χ3v) is 6.90. The molecule has 0 bridgehead atoms. The number of alkyl halides is 2. The SMILES string of the molecule is O=C(O)[C@H](CCN(CCCCc1ccc2c(n1)NCCC2)C1CC1)NC(=O)N1CCC(F)(F)C1. The van der Waals surface area contributed by atoms with E-state index in [9.17, 15) is 23.5 Å². The fraction of sp³-hybridized carbons (Fsp3) is 0.708. The molecular weight excluding hydrogens is 444 g/mol. The number of aryl methyl sites for hydroxylation is 2. The molecule has 0 aromatic carbocycles. The Morgan fingerprint density at radius 1 is 1.29 bits per heavy atom. The van der Waals surface area contributed by atoms with Crippen LogP contribution in [0.5, 0.6) is 0 Å². The first-order chi connectivity index (χ1) is 16.3. The normalized spacial score (nSPS) is 20.0. The molecule has 3 N–H and O–H groups in total. The molecule has 0 unspecified atom stereocenters. The zero-order valence-electron chi connectivity index (χ0n) is 19.6. The number of carboxylic acids is 1. The summed E-state index contributed by atoms with van der Waals surface area (Å²) in [5, 5.41) is 15.4. The number of hydrogen-bond acceptors (Lipinski definition) is 5. The van der Waals surface area contributed by atoms with Gasteiger partial charge < -0.3 is 25.5 Å². The molecule has 10 heteroatoms. The van der Waals surface area contributed by atoms with Gasteiger partial charge in [-0.25, -0.2) is 23.4 Å². The molecule has 0 spiro atoms. The van der Waals surface area contributed by atoms with Crippen LogP contribution in [0.25, 0.3) is 0 Å². The number of halogens is 2. The molecule has 3 aliphatic rings. The van der Waals surface area contributed by atoms with Crippen LogP contribution in [0.4, 0.5) is 19.4 Å². The molecule has 1 atom stereocenters. The number of amides is 2. The van der Waals surface area contributed by atoms with Gasteiger partial charge in [-0.1, -0.05) is 6.07 Å². The number of urea groups is 1. The molecular formula is C24H35F2N5O3. The van der Waals surface area contributed by atoms with Crippen molar-refractivity contribution in [2.45, 2.75) is 75.8 Å². The zero-order chi connectivity index (χ0) is 24.1. The molecule has 1 aromatic heterocycles. The van der Waals surface area contributed by atoms with Gasteiger partial charge in [0.2, 0.25) is 0 Å². The van der Waals surface area contributed by atoms with Gasteiger partial charge >= 0.3 is 12.0 Å². The van der Waals surface area contributed by atoms with Crippen molar-refractivity contribution in [3.8, 4) is 0 Å². The summed E-state index contributed by atoms with van der Waals surface area (Å²) in [6, 6.07) is 2.93. The third kappa shape index (κ3) is 6.77. The number of unbranched alkanes of at least 4 members (excludes halogenated alkanes) is 1. The number of carbonyl (C=O) groups is 2. The monoisotopic (exact) mass is 479 g/mol. The Balaban J connectivity index is 1.21. The first-order valence-electron chi connectivity index (χ1n) is 12.4. The van der Waals surface area contributed by atoms with Crippen LogP contribution < -0.4 is 10.6 Å². The molecule has 2 aliphatic heterocycles. The standard InChI is InChI=1S/C24H35F2N5O3/c25-24(26)11-15-31(16-24)23(34)29-20(22(32)33)10-14-30(19-8-9-19)13-2-1-5-18-7-6-17-4-3-12-27-21(17)28-18/h6-7,19-20H,1-5,8-16H2,(H,27,28)(H,29,34)(H,32,33)/t20-/m0/s1. The minimum absolute atomic E-state index is 0.0610. The number of pyridine rings is 1. The van der Waals surface area contributed by atoms with Crippen LogP contribution in [0.2, 0.25) is 0 Å². The highest BCUT2D eigenvalue weighted by molar-refractivity contribution is 5.82. The van der Waals surface area contributed by atoms with Crippen molar-refractivity contribution >= 4 is 17.8 Å². The van der Waals surface area contributed by atoms with E-state index in [-0.39, 0.29) is 19.4 Å². The van der Waals surface area contributed by atoms with Crippen LogP contribution in [-0.4, -0.2) is 82.6 Å². The van der Waals surface area contributed by atoms with Crippen LogP contribution in [0, 0.1) is 0 Å². The van der Waals surface area contributed by atoms with Crippen LogP contribution in [-0.2, 0) is 17.6 Å². The Labute approximate surface area is 199 Å². The number of aliphatic carboxylic acids is 1. The molecule has 0 radical (unpaired) electrons. The average molecular weight is 480 g/mol. The Bertz CT molecular complexity index is 880. The number of hydrogen-bond donors (Lipinski definition) is 3. The highest BCUT2D eigenvalue weighted by Crippen LogP contribution is 2.28. The van der Waals surface area contributed by atoms with E-state index in [2.05, 4.69) is 27.7 Å². The molecule has 3 heterocycles. The minimum Gasteiger partial charge on any atom is -0.480 e. The van der Waals surface area contributed by atoms with E-state index in [1.54, 1.807) is 0 Å². The molecule has 1 saturated heterocycles. The lowest BCUT2D eigenvalue weighted by atomic mass is 10.1. The van der Waals surface area contributed by atoms with Gasteiger partial charge in [0.1, 0.15) is 11.9 Å². The summed E-state index contributed by atoms with van der Waals surface area (Å²) < 4.78 is 26.8. The Morgan fingerprint density at radius 2 is 2.12 bits per heavy atom. The smallest absolute Gasteiger partial charge is 0.326 e. The highest BCUT2D eigenvalue weighted by atomic mass is 19.3. The minimum atomic E-state index is -2.90. The molecule has 2 amide bonds. The van der Waals surface area contributed by atoms with E-state index in [0.717, 1.165) is 74.4 Å². The summed E-state index contributed by atoms with van der Waals surface area (Å²) >= 11 is 0. The third-order valence-electron chi connectivity index (χ3n) is 6.90. The van der Waals surface area contributed by atoms with Crippen LogP contribution in [0.3, 0.4) is 0 Å². The van der Waals surface area contributed by atoms with E-state index in [1.165, 1.54) is 5.56 Å². The van der Waals surface area contributed by atoms with Gasteiger partial charge in [-0.05, 0) is 69.5 Å². The van der Waals surface area contributed by atoms with Gasteiger partial charge in [0.15, 0.2) is 0 Å². The maximum atomic E-state index is 13.4. The molecule has 1 aromatic rings. The molecule has 34 heavy (non-hydrogen) atoms. The summed E-state index contributed by atoms with van der Waals surface area (Å²) in [4.78, 5) is 32.0. The number of carboxylic acid groups (broad SMARTS) is 1. The predicted molar refractivity (Wildman–Crippen MR) is 124 cm³/mol. The predicted octanol–water partition coefficient (Wildman–Crippen LogP) is 3.12. The molecule has 1 saturated carbocycles. The van der Waals surface area contributed by atoms with E-state index in [4.69, 9.17) is 4.98 Å². The van der Waals surface area contributed by atoms with Gasteiger partial charge in [-0.3, -0.25) is 0 Å². The van der Waals surface area contributed by atoms with Crippen molar-refractivity contribution in [3.05, 3.63) is 23.4 Å². The summed E-state index contributed by atoms with van der Waals surface area (Å²) in [6.45, 7) is 1.68. The largest absolute Gasteiger partial charge is 0.480 e. The zero-order valence-corrected chi connectivity index (χ0v) is 19.6. The lowest BCUT2D eigenvalue weighted by molar-refractivity contribution is -0.139. The number of rotatable bonds is 11. The number of aromatic nitrogens is 1. The van der Waals surface area contributed by atoms with Crippen LogP contribution >= 0.6 is 0 Å². The Hall–Kier alpha value is -2.49. The quantitative estimate of drug-likeness (QED) is 0.422. The van der Waals surface area contributed by atoms with Gasteiger partial charge in [-0.15, -0.1) is 0 Å². The van der Waals surface area contributed by atoms with Gasteiger partial charge in [0.05, 0.1) is 6.54 Å². The van der Waals surface area contributed by atoms with Crippen LogP contribution in [0.15, 0.2) is 12.1 Å². The first-order valence-corrected chi connectivity index (χ1v) is 12.4. The van der Waals surface area contributed by atoms with Crippen molar-refractivity contribution < 1.29 is 23.5 Å². The topological polar surface area (TPSA) is 97.8 Å². The van der Waals surface area contributed by atoms with E-state index in [1.807, 2.05) is 0 Å². The summed E-state index contributed by atoms with van der Waals surface area (Å²) in [6.07, 6.45) is 7.18. The second kappa shape index (κ2) is 10.8. The number of fused-ring (bicyclic) bond motifs is 1. The maximum absolute atomic E-state index is 13.4. The first kappa shape index (κ1) is 24.6. The van der Waals surface area contributed by atoms with Crippen molar-refractivity contribution in [2.75, 3.05) is 38.0 Å². The molecule has 8 nitrogen and oxygen atoms in total. The lowest BCUT2D eigenvalue weighted by Crippen LogP contribution is -2.49. The number of anilines is 1. The Kier molecular flexibility index (Phi) is 7.85. The van der Waals surface area contributed by atoms with Gasteiger partial charge in [0, 0.05) is 37.8 Å². The highest BCUT2D eigenvalue weighted by Gasteiger charge is 2.41. The second-order valence-corrected chi connectivity index (χ2v) is 9.72. The number of carbonyl (C=O) groups excluding carboxylic acids is 1. The Morgan fingerprint density at radius 3 is 2.82 bits per heavy atom. The molecule has 4 rings (SSSR count). The van der Waals surface area contributed by atoms with E-state index < -0.39 is 30.5 Å². The number of nitrogens with one attached hydrogen (secondary N) is 2. The van der Waals surface area contributed by atoms with Crippen molar-refractivity contribution in [1.82, 2.24) is 20.1 Å².